The van der Waals surface area contributed by atoms with Crippen LogP contribution in [0.1, 0.15) is 27.2 Å². The summed E-state index contributed by atoms with van der Waals surface area (Å²) in [5, 5.41) is 2.34. The van der Waals surface area contributed by atoms with Gasteiger partial charge in [0, 0.05) is 23.6 Å². The highest BCUT2D eigenvalue weighted by Gasteiger charge is 2.35. The van der Waals surface area contributed by atoms with E-state index in [-0.39, 0.29) is 17.0 Å². The zero-order valence-electron chi connectivity index (χ0n) is 15.8. The Morgan fingerprint density at radius 3 is 2.33 bits per heavy atom. The molecule has 0 bridgehead atoms. The highest BCUT2D eigenvalue weighted by Crippen LogP contribution is 2.38. The predicted octanol–water partition coefficient (Wildman–Crippen LogP) is 6.04. The Morgan fingerprint density at radius 1 is 1.03 bits per heavy atom. The molecule has 0 saturated heterocycles. The third-order valence-electron chi connectivity index (χ3n) is 4.16. The molecule has 0 saturated carbocycles. The zero-order chi connectivity index (χ0) is 22.1. The molecule has 0 spiro atoms. The van der Waals surface area contributed by atoms with E-state index in [1.807, 2.05) is 0 Å². The van der Waals surface area contributed by atoms with Gasteiger partial charge in [0.1, 0.15) is 34.3 Å². The van der Waals surface area contributed by atoms with Gasteiger partial charge in [-0.25, -0.2) is 8.78 Å². The second-order valence-corrected chi connectivity index (χ2v) is 6.45. The number of amides is 1. The Bertz CT molecular complexity index is 1100. The Balaban J connectivity index is 1.79. The van der Waals surface area contributed by atoms with Gasteiger partial charge in [-0.05, 0) is 49.7 Å². The van der Waals surface area contributed by atoms with Crippen LogP contribution in [0.4, 0.5) is 27.6 Å². The molecule has 0 unspecified atom stereocenters. The summed E-state index contributed by atoms with van der Waals surface area (Å²) >= 11 is 0. The van der Waals surface area contributed by atoms with Crippen LogP contribution in [0.25, 0.3) is 0 Å². The van der Waals surface area contributed by atoms with Gasteiger partial charge in [0.2, 0.25) is 0 Å². The van der Waals surface area contributed by atoms with Gasteiger partial charge >= 0.3 is 6.18 Å². The fourth-order valence-corrected chi connectivity index (χ4v) is 2.62. The SMILES string of the molecule is Cc1cc(Oc2ccc(NC(=O)c3c(F)ccc(C)c3F)cc2)c(C(F)(F)F)cn1. The molecule has 0 aliphatic carbocycles. The highest BCUT2D eigenvalue weighted by molar-refractivity contribution is 6.04. The zero-order valence-corrected chi connectivity index (χ0v) is 15.8. The maximum atomic E-state index is 14.1. The molecular weight excluding hydrogens is 407 g/mol. The first-order valence-corrected chi connectivity index (χ1v) is 8.64. The number of rotatable bonds is 4. The molecule has 1 aromatic heterocycles. The van der Waals surface area contributed by atoms with Crippen LogP contribution < -0.4 is 10.1 Å². The molecule has 0 radical (unpaired) electrons. The number of nitrogens with one attached hydrogen (secondary N) is 1. The number of hydrogen-bond donors (Lipinski definition) is 1. The first kappa shape index (κ1) is 21.2. The van der Waals surface area contributed by atoms with E-state index in [9.17, 15) is 26.7 Å². The monoisotopic (exact) mass is 422 g/mol. The van der Waals surface area contributed by atoms with Crippen molar-refractivity contribution >= 4 is 11.6 Å². The van der Waals surface area contributed by atoms with E-state index in [1.54, 1.807) is 0 Å². The first-order valence-electron chi connectivity index (χ1n) is 8.64. The molecule has 1 heterocycles. The fraction of sp³-hybridized carbons (Fsp3) is 0.143. The molecule has 3 rings (SSSR count). The number of anilines is 1. The van der Waals surface area contributed by atoms with Crippen LogP contribution in [0.15, 0.2) is 48.7 Å². The Hall–Kier alpha value is -3.49. The third kappa shape index (κ3) is 4.56. The van der Waals surface area contributed by atoms with Crippen LogP contribution in [-0.4, -0.2) is 10.9 Å². The quantitative estimate of drug-likeness (QED) is 0.522. The lowest BCUT2D eigenvalue weighted by atomic mass is 10.1. The summed E-state index contributed by atoms with van der Waals surface area (Å²) in [4.78, 5) is 15.9. The number of alkyl halides is 3. The molecule has 0 fully saturated rings. The van der Waals surface area contributed by atoms with Gasteiger partial charge in [0.25, 0.3) is 5.91 Å². The van der Waals surface area contributed by atoms with E-state index >= 15 is 0 Å². The van der Waals surface area contributed by atoms with Gasteiger partial charge in [-0.1, -0.05) is 6.07 Å². The number of nitrogens with zero attached hydrogens (tertiary/aromatic N) is 1. The Labute approximate surface area is 168 Å². The molecule has 1 N–H and O–H groups in total. The number of hydrogen-bond acceptors (Lipinski definition) is 3. The average molecular weight is 422 g/mol. The van der Waals surface area contributed by atoms with Crippen LogP contribution in [0.3, 0.4) is 0 Å². The summed E-state index contributed by atoms with van der Waals surface area (Å²) in [5.41, 5.74) is -1.13. The highest BCUT2D eigenvalue weighted by atomic mass is 19.4. The van der Waals surface area contributed by atoms with Crippen LogP contribution in [0.2, 0.25) is 0 Å². The second kappa shape index (κ2) is 8.10. The lowest BCUT2D eigenvalue weighted by Gasteiger charge is -2.14. The summed E-state index contributed by atoms with van der Waals surface area (Å²) in [6, 6.07) is 8.65. The maximum absolute atomic E-state index is 14.1. The topological polar surface area (TPSA) is 51.2 Å². The van der Waals surface area contributed by atoms with E-state index < -0.39 is 40.6 Å². The first-order chi connectivity index (χ1) is 14.1. The van der Waals surface area contributed by atoms with E-state index in [0.29, 0.717) is 11.9 Å². The molecule has 2 aromatic carbocycles. The number of pyridine rings is 1. The van der Waals surface area contributed by atoms with Crippen molar-refractivity contribution in [2.24, 2.45) is 0 Å². The van der Waals surface area contributed by atoms with Gasteiger partial charge < -0.3 is 10.1 Å². The van der Waals surface area contributed by atoms with Crippen molar-refractivity contribution < 1.29 is 31.5 Å². The maximum Gasteiger partial charge on any atom is 0.421 e. The van der Waals surface area contributed by atoms with E-state index in [0.717, 1.165) is 12.1 Å². The van der Waals surface area contributed by atoms with Gasteiger partial charge in [-0.3, -0.25) is 9.78 Å². The summed E-state index contributed by atoms with van der Waals surface area (Å²) in [6.07, 6.45) is -3.96. The van der Waals surface area contributed by atoms with Crippen LogP contribution in [0, 0.1) is 25.5 Å². The summed E-state index contributed by atoms with van der Waals surface area (Å²) in [6.45, 7) is 2.92. The van der Waals surface area contributed by atoms with Crippen molar-refractivity contribution in [2.75, 3.05) is 5.32 Å². The van der Waals surface area contributed by atoms with Gasteiger partial charge in [-0.2, -0.15) is 13.2 Å². The van der Waals surface area contributed by atoms with E-state index in [2.05, 4.69) is 10.3 Å². The summed E-state index contributed by atoms with van der Waals surface area (Å²) < 4.78 is 72.6. The average Bonchev–Trinajstić information content (AvgIpc) is 2.66. The Morgan fingerprint density at radius 2 is 1.70 bits per heavy atom. The molecule has 30 heavy (non-hydrogen) atoms. The van der Waals surface area contributed by atoms with Crippen molar-refractivity contribution in [2.45, 2.75) is 20.0 Å². The van der Waals surface area contributed by atoms with Crippen LogP contribution in [0.5, 0.6) is 11.5 Å². The van der Waals surface area contributed by atoms with Crippen molar-refractivity contribution in [3.8, 4) is 11.5 Å². The van der Waals surface area contributed by atoms with Crippen LogP contribution >= 0.6 is 0 Å². The minimum Gasteiger partial charge on any atom is -0.457 e. The number of ether oxygens (including phenoxy) is 1. The number of halogens is 5. The van der Waals surface area contributed by atoms with Crippen molar-refractivity contribution in [1.29, 1.82) is 0 Å². The van der Waals surface area contributed by atoms with Crippen molar-refractivity contribution in [3.63, 3.8) is 0 Å². The molecule has 0 atom stereocenters. The number of aromatic nitrogens is 1. The molecule has 1 amide bonds. The predicted molar refractivity (Wildman–Crippen MR) is 99.5 cm³/mol. The summed E-state index contributed by atoms with van der Waals surface area (Å²) in [5.74, 6) is -3.33. The molecule has 0 aliphatic heterocycles. The smallest absolute Gasteiger partial charge is 0.421 e. The number of carbonyl (C=O) groups excluding carboxylic acids is 1. The van der Waals surface area contributed by atoms with Gasteiger partial charge in [0.15, 0.2) is 0 Å². The normalized spacial score (nSPS) is 11.3. The van der Waals surface area contributed by atoms with Crippen molar-refractivity contribution in [1.82, 2.24) is 4.98 Å². The van der Waals surface area contributed by atoms with Gasteiger partial charge in [-0.15, -0.1) is 0 Å². The number of aryl methyl sites for hydroxylation is 2. The molecule has 3 aromatic rings. The summed E-state index contributed by atoms with van der Waals surface area (Å²) in [7, 11) is 0. The van der Waals surface area contributed by atoms with Gasteiger partial charge in [0.05, 0.1) is 0 Å². The number of benzene rings is 2. The minimum absolute atomic E-state index is 0.0667. The van der Waals surface area contributed by atoms with E-state index in [1.165, 1.54) is 44.2 Å². The van der Waals surface area contributed by atoms with Crippen LogP contribution in [-0.2, 0) is 6.18 Å². The lowest BCUT2D eigenvalue weighted by molar-refractivity contribution is -0.138. The molecule has 0 aliphatic rings. The second-order valence-electron chi connectivity index (χ2n) is 6.45. The standard InChI is InChI=1S/C21H15F5N2O2/c1-11-3-8-16(22)18(19(11)23)20(29)28-13-4-6-14(7-5-13)30-17-9-12(2)27-10-15(17)21(24,25)26/h3-10H,1-2H3,(H,28,29). The molecule has 156 valence electrons. The lowest BCUT2D eigenvalue weighted by Crippen LogP contribution is -2.16. The molecular formula is C21H15F5N2O2. The van der Waals surface area contributed by atoms with E-state index in [4.69, 9.17) is 4.74 Å². The number of carbonyl (C=O) groups is 1. The third-order valence-corrected chi connectivity index (χ3v) is 4.16. The Kier molecular flexibility index (Phi) is 5.73. The largest absolute Gasteiger partial charge is 0.457 e. The van der Waals surface area contributed by atoms with Crippen molar-refractivity contribution in [3.05, 3.63) is 82.7 Å². The molecule has 9 heteroatoms. The fourth-order valence-electron chi connectivity index (χ4n) is 2.62. The molecule has 4 nitrogen and oxygen atoms in total. The minimum atomic E-state index is -4.65.